The third-order valence-electron chi connectivity index (χ3n) is 4.88. The molecule has 4 heteroatoms. The van der Waals surface area contributed by atoms with Crippen LogP contribution in [-0.2, 0) is 0 Å². The fourth-order valence-corrected chi connectivity index (χ4v) is 3.24. The van der Waals surface area contributed by atoms with Crippen LogP contribution >= 0.6 is 0 Å². The summed E-state index contributed by atoms with van der Waals surface area (Å²) in [6.07, 6.45) is 0.935. The molecule has 0 aromatic heterocycles. The Morgan fingerprint density at radius 3 is 2.26 bits per heavy atom. The van der Waals surface area contributed by atoms with Crippen LogP contribution in [-0.4, -0.2) is 6.61 Å². The molecule has 0 aliphatic heterocycles. The van der Waals surface area contributed by atoms with Gasteiger partial charge in [0, 0.05) is 10.9 Å². The molecule has 0 heterocycles. The zero-order valence-corrected chi connectivity index (χ0v) is 16.9. The van der Waals surface area contributed by atoms with Crippen molar-refractivity contribution in [1.82, 2.24) is 0 Å². The van der Waals surface area contributed by atoms with Gasteiger partial charge >= 0.3 is 0 Å². The van der Waals surface area contributed by atoms with Crippen LogP contribution in [0.1, 0.15) is 24.5 Å². The first-order valence-corrected chi connectivity index (χ1v) is 9.97. The fourth-order valence-electron chi connectivity index (χ4n) is 3.24. The predicted molar refractivity (Wildman–Crippen MR) is 117 cm³/mol. The molecule has 4 aromatic carbocycles. The number of rotatable bonds is 4. The number of benzene rings is 4. The van der Waals surface area contributed by atoms with Crippen LogP contribution in [0.5, 0.6) is 5.75 Å². The topological polar surface area (TPSA) is 9.23 Å². The Kier molecular flexibility index (Phi) is 5.95. The van der Waals surface area contributed by atoms with E-state index in [-0.39, 0.29) is 10.9 Å². The van der Waals surface area contributed by atoms with E-state index in [0.29, 0.717) is 17.6 Å². The molecule has 0 fully saturated rings. The molecule has 0 radical (unpaired) electrons. The first-order valence-electron chi connectivity index (χ1n) is 9.97. The summed E-state index contributed by atoms with van der Waals surface area (Å²) in [5.41, 5.74) is 2.47. The second-order valence-corrected chi connectivity index (χ2v) is 7.11. The van der Waals surface area contributed by atoms with Crippen LogP contribution in [0.4, 0.5) is 13.2 Å². The van der Waals surface area contributed by atoms with E-state index in [0.717, 1.165) is 29.4 Å². The third-order valence-corrected chi connectivity index (χ3v) is 4.88. The van der Waals surface area contributed by atoms with Gasteiger partial charge < -0.3 is 4.74 Å². The van der Waals surface area contributed by atoms with Crippen LogP contribution < -0.4 is 4.74 Å². The molecule has 0 atom stereocenters. The average Bonchev–Trinajstić information content (AvgIpc) is 2.79. The average molecular weight is 416 g/mol. The van der Waals surface area contributed by atoms with Gasteiger partial charge in [-0.15, -0.1) is 0 Å². The summed E-state index contributed by atoms with van der Waals surface area (Å²) in [6.45, 7) is 2.70. The quantitative estimate of drug-likeness (QED) is 0.322. The van der Waals surface area contributed by atoms with Gasteiger partial charge in [-0.2, -0.15) is 0 Å². The van der Waals surface area contributed by atoms with E-state index in [1.807, 2.05) is 37.3 Å². The molecular weight excluding hydrogens is 397 g/mol. The summed E-state index contributed by atoms with van der Waals surface area (Å²) in [6, 6.07) is 19.7. The van der Waals surface area contributed by atoms with Crippen molar-refractivity contribution in [2.24, 2.45) is 0 Å². The lowest BCUT2D eigenvalue weighted by Crippen LogP contribution is -1.94. The van der Waals surface area contributed by atoms with Crippen molar-refractivity contribution in [1.29, 1.82) is 0 Å². The highest BCUT2D eigenvalue weighted by Crippen LogP contribution is 2.25. The lowest BCUT2D eigenvalue weighted by atomic mass is 10.0. The first kappa shape index (κ1) is 20.6. The van der Waals surface area contributed by atoms with Gasteiger partial charge in [0.15, 0.2) is 11.6 Å². The second kappa shape index (κ2) is 8.97. The van der Waals surface area contributed by atoms with E-state index >= 15 is 0 Å². The monoisotopic (exact) mass is 416 g/mol. The van der Waals surface area contributed by atoms with E-state index in [1.165, 1.54) is 18.2 Å². The molecule has 0 spiro atoms. The van der Waals surface area contributed by atoms with Crippen molar-refractivity contribution in [3.63, 3.8) is 0 Å². The molecular formula is C27H19F3O. The molecule has 0 N–H and O–H groups in total. The molecule has 1 nitrogen and oxygen atoms in total. The highest BCUT2D eigenvalue weighted by Gasteiger charge is 2.07. The minimum absolute atomic E-state index is 0.187. The lowest BCUT2D eigenvalue weighted by Gasteiger charge is -2.07. The maximum absolute atomic E-state index is 14.6. The highest BCUT2D eigenvalue weighted by atomic mass is 19.2. The van der Waals surface area contributed by atoms with Crippen LogP contribution in [0.25, 0.3) is 21.9 Å². The van der Waals surface area contributed by atoms with Gasteiger partial charge in [0.2, 0.25) is 0 Å². The smallest absolute Gasteiger partial charge is 0.166 e. The maximum atomic E-state index is 14.6. The lowest BCUT2D eigenvalue weighted by molar-refractivity contribution is 0.317. The van der Waals surface area contributed by atoms with Crippen molar-refractivity contribution in [3.8, 4) is 28.7 Å². The third kappa shape index (κ3) is 4.57. The SMILES string of the molecule is CCCOc1ccc(-c2ccc(C#Cc3ccc4c(F)c(F)ccc4c3)c(F)c2)cc1. The highest BCUT2D eigenvalue weighted by molar-refractivity contribution is 5.84. The van der Waals surface area contributed by atoms with Gasteiger partial charge in [0.1, 0.15) is 11.6 Å². The summed E-state index contributed by atoms with van der Waals surface area (Å²) in [5, 5.41) is 0.722. The fraction of sp³-hybridized carbons (Fsp3) is 0.111. The first-order chi connectivity index (χ1) is 15.0. The maximum Gasteiger partial charge on any atom is 0.166 e. The Hall–Kier alpha value is -3.71. The van der Waals surface area contributed by atoms with Crippen LogP contribution in [0.2, 0.25) is 0 Å². The molecule has 0 amide bonds. The van der Waals surface area contributed by atoms with Crippen LogP contribution in [0.3, 0.4) is 0 Å². The van der Waals surface area contributed by atoms with Gasteiger partial charge in [0.25, 0.3) is 0 Å². The Morgan fingerprint density at radius 1 is 0.742 bits per heavy atom. The van der Waals surface area contributed by atoms with Gasteiger partial charge in [-0.1, -0.05) is 49.1 Å². The minimum atomic E-state index is -0.892. The molecule has 0 aliphatic carbocycles. The van der Waals surface area contributed by atoms with Crippen molar-refractivity contribution < 1.29 is 17.9 Å². The Balaban J connectivity index is 1.56. The predicted octanol–water partition coefficient (Wildman–Crippen LogP) is 7.11. The molecule has 4 rings (SSSR count). The zero-order valence-electron chi connectivity index (χ0n) is 16.9. The molecule has 31 heavy (non-hydrogen) atoms. The van der Waals surface area contributed by atoms with Crippen molar-refractivity contribution in [2.75, 3.05) is 6.61 Å². The van der Waals surface area contributed by atoms with E-state index in [9.17, 15) is 13.2 Å². The largest absolute Gasteiger partial charge is 0.494 e. The standard InChI is InChI=1S/C27H19F3O/c1-2-15-31-23-11-8-19(9-12-23)21-7-6-20(26(29)17-21)5-3-18-4-13-24-22(16-18)10-14-25(28)27(24)30/h4,6-14,16-17H,2,15H2,1H3. The molecule has 154 valence electrons. The number of hydrogen-bond donors (Lipinski definition) is 0. The van der Waals surface area contributed by atoms with Gasteiger partial charge in [-0.25, -0.2) is 13.2 Å². The normalized spacial score (nSPS) is 10.6. The molecule has 0 unspecified atom stereocenters. The summed E-state index contributed by atoms with van der Waals surface area (Å²) in [4.78, 5) is 0. The van der Waals surface area contributed by atoms with E-state index in [4.69, 9.17) is 4.74 Å². The number of ether oxygens (including phenoxy) is 1. The Morgan fingerprint density at radius 2 is 1.52 bits per heavy atom. The molecule has 0 saturated heterocycles. The molecule has 4 aromatic rings. The van der Waals surface area contributed by atoms with E-state index < -0.39 is 17.5 Å². The second-order valence-electron chi connectivity index (χ2n) is 7.11. The molecule has 0 saturated carbocycles. The minimum Gasteiger partial charge on any atom is -0.494 e. The number of fused-ring (bicyclic) bond motifs is 1. The van der Waals surface area contributed by atoms with Crippen molar-refractivity contribution in [3.05, 3.63) is 101 Å². The zero-order chi connectivity index (χ0) is 21.8. The van der Waals surface area contributed by atoms with Gasteiger partial charge in [0.05, 0.1) is 12.2 Å². The molecule has 0 bridgehead atoms. The number of hydrogen-bond acceptors (Lipinski definition) is 1. The van der Waals surface area contributed by atoms with Gasteiger partial charge in [-0.05, 0) is 65.4 Å². The van der Waals surface area contributed by atoms with Crippen LogP contribution in [0.15, 0.2) is 72.8 Å². The molecule has 0 aliphatic rings. The Bertz CT molecular complexity index is 1300. The summed E-state index contributed by atoms with van der Waals surface area (Å²) < 4.78 is 47.3. The summed E-state index contributed by atoms with van der Waals surface area (Å²) in [7, 11) is 0. The van der Waals surface area contributed by atoms with Gasteiger partial charge in [-0.3, -0.25) is 0 Å². The van der Waals surface area contributed by atoms with E-state index in [2.05, 4.69) is 11.8 Å². The van der Waals surface area contributed by atoms with Crippen molar-refractivity contribution in [2.45, 2.75) is 13.3 Å². The summed E-state index contributed by atoms with van der Waals surface area (Å²) in [5.74, 6) is 4.29. The summed E-state index contributed by atoms with van der Waals surface area (Å²) >= 11 is 0. The Labute approximate surface area is 179 Å². The number of halogens is 3. The van der Waals surface area contributed by atoms with E-state index in [1.54, 1.807) is 18.2 Å². The van der Waals surface area contributed by atoms with Crippen molar-refractivity contribution >= 4 is 10.8 Å². The van der Waals surface area contributed by atoms with Crippen LogP contribution in [0, 0.1) is 29.3 Å².